The number of aromatic nitrogens is 2. The molecule has 0 aliphatic heterocycles. The van der Waals surface area contributed by atoms with Crippen LogP contribution in [0.1, 0.15) is 6.92 Å². The van der Waals surface area contributed by atoms with Crippen molar-refractivity contribution in [3.63, 3.8) is 0 Å². The maximum Gasteiger partial charge on any atom is 0.244 e. The molecule has 0 unspecified atom stereocenters. The van der Waals surface area contributed by atoms with Crippen LogP contribution in [0.2, 0.25) is 0 Å². The van der Waals surface area contributed by atoms with E-state index in [1.165, 1.54) is 26.2 Å². The number of hydrogen-bond acceptors (Lipinski definition) is 6. The van der Waals surface area contributed by atoms with Crippen molar-refractivity contribution in [2.75, 3.05) is 31.3 Å². The Bertz CT molecular complexity index is 1150. The molecule has 160 valence electrons. The SMILES string of the molecule is C[C@H](O)CNc1nc2ccccc2n1CC(=O)Nc1cccc(S(=O)(=O)N(C)C)c1. The number of aliphatic hydroxyl groups is 1. The lowest BCUT2D eigenvalue weighted by Gasteiger charge is -2.14. The van der Waals surface area contributed by atoms with Gasteiger partial charge in [0.1, 0.15) is 6.54 Å². The van der Waals surface area contributed by atoms with Crippen LogP contribution >= 0.6 is 0 Å². The second kappa shape index (κ2) is 8.82. The highest BCUT2D eigenvalue weighted by molar-refractivity contribution is 7.89. The molecule has 0 radical (unpaired) electrons. The molecule has 30 heavy (non-hydrogen) atoms. The topological polar surface area (TPSA) is 117 Å². The van der Waals surface area contributed by atoms with Crippen LogP contribution in [0, 0.1) is 0 Å². The van der Waals surface area contributed by atoms with Gasteiger partial charge in [0.25, 0.3) is 0 Å². The number of aliphatic hydroxyl groups excluding tert-OH is 1. The molecule has 0 bridgehead atoms. The number of rotatable bonds is 8. The molecule has 10 heteroatoms. The summed E-state index contributed by atoms with van der Waals surface area (Å²) in [4.78, 5) is 17.3. The number of nitrogens with one attached hydrogen (secondary N) is 2. The molecule has 0 fully saturated rings. The van der Waals surface area contributed by atoms with E-state index in [4.69, 9.17) is 0 Å². The van der Waals surface area contributed by atoms with E-state index in [1.807, 2.05) is 24.3 Å². The Kier molecular flexibility index (Phi) is 6.40. The van der Waals surface area contributed by atoms with Crippen molar-refractivity contribution in [2.45, 2.75) is 24.5 Å². The quantitative estimate of drug-likeness (QED) is 0.500. The second-order valence-electron chi connectivity index (χ2n) is 7.10. The van der Waals surface area contributed by atoms with Crippen LogP contribution in [0.5, 0.6) is 0 Å². The molecule has 1 heterocycles. The number of fused-ring (bicyclic) bond motifs is 1. The zero-order chi connectivity index (χ0) is 21.9. The van der Waals surface area contributed by atoms with Gasteiger partial charge >= 0.3 is 0 Å². The van der Waals surface area contributed by atoms with Crippen LogP contribution < -0.4 is 10.6 Å². The molecule has 1 aromatic heterocycles. The summed E-state index contributed by atoms with van der Waals surface area (Å²) in [5.41, 5.74) is 1.87. The average Bonchev–Trinajstić information content (AvgIpc) is 3.04. The molecule has 0 saturated carbocycles. The molecule has 0 saturated heterocycles. The summed E-state index contributed by atoms with van der Waals surface area (Å²) in [5, 5.41) is 15.3. The van der Waals surface area contributed by atoms with Gasteiger partial charge in [-0.2, -0.15) is 0 Å². The largest absolute Gasteiger partial charge is 0.392 e. The third-order valence-corrected chi connectivity index (χ3v) is 6.22. The van der Waals surface area contributed by atoms with Crippen molar-refractivity contribution in [3.05, 3.63) is 48.5 Å². The van der Waals surface area contributed by atoms with Gasteiger partial charge in [0.2, 0.25) is 21.9 Å². The summed E-state index contributed by atoms with van der Waals surface area (Å²) < 4.78 is 27.5. The van der Waals surface area contributed by atoms with Gasteiger partial charge in [-0.15, -0.1) is 0 Å². The van der Waals surface area contributed by atoms with Crippen LogP contribution in [0.4, 0.5) is 11.6 Å². The van der Waals surface area contributed by atoms with Gasteiger partial charge in [-0.25, -0.2) is 17.7 Å². The normalized spacial score (nSPS) is 12.8. The Balaban J connectivity index is 1.83. The van der Waals surface area contributed by atoms with Gasteiger partial charge in [0, 0.05) is 26.3 Å². The summed E-state index contributed by atoms with van der Waals surface area (Å²) in [6, 6.07) is 13.5. The molecule has 1 atom stereocenters. The van der Waals surface area contributed by atoms with Crippen molar-refractivity contribution < 1.29 is 18.3 Å². The Morgan fingerprint density at radius 2 is 1.93 bits per heavy atom. The average molecular weight is 432 g/mol. The molecule has 0 spiro atoms. The van der Waals surface area contributed by atoms with Gasteiger partial charge in [-0.3, -0.25) is 4.79 Å². The van der Waals surface area contributed by atoms with Gasteiger partial charge in [0.05, 0.1) is 22.0 Å². The lowest BCUT2D eigenvalue weighted by molar-refractivity contribution is -0.116. The third-order valence-electron chi connectivity index (χ3n) is 4.41. The van der Waals surface area contributed by atoms with E-state index >= 15 is 0 Å². The summed E-state index contributed by atoms with van der Waals surface area (Å²) in [7, 11) is -0.701. The number of anilines is 2. The molecule has 3 N–H and O–H groups in total. The Morgan fingerprint density at radius 1 is 1.20 bits per heavy atom. The van der Waals surface area contributed by atoms with E-state index < -0.39 is 16.1 Å². The molecule has 0 aliphatic rings. The van der Waals surface area contributed by atoms with Crippen LogP contribution in [-0.4, -0.2) is 60.0 Å². The number of carbonyl (C=O) groups excluding carboxylic acids is 1. The number of benzene rings is 2. The number of imidazole rings is 1. The van der Waals surface area contributed by atoms with E-state index in [9.17, 15) is 18.3 Å². The fourth-order valence-electron chi connectivity index (χ4n) is 2.90. The first-order valence-corrected chi connectivity index (χ1v) is 10.8. The van der Waals surface area contributed by atoms with Gasteiger partial charge in [-0.1, -0.05) is 18.2 Å². The minimum Gasteiger partial charge on any atom is -0.392 e. The van der Waals surface area contributed by atoms with E-state index in [-0.39, 0.29) is 23.9 Å². The zero-order valence-electron chi connectivity index (χ0n) is 17.0. The fraction of sp³-hybridized carbons (Fsp3) is 0.300. The lowest BCUT2D eigenvalue weighted by atomic mass is 10.3. The number of para-hydroxylation sites is 2. The van der Waals surface area contributed by atoms with Crippen LogP contribution in [-0.2, 0) is 21.4 Å². The van der Waals surface area contributed by atoms with Crippen LogP contribution in [0.3, 0.4) is 0 Å². The molecular formula is C20H25N5O4S. The van der Waals surface area contributed by atoms with Crippen molar-refractivity contribution in [1.29, 1.82) is 0 Å². The summed E-state index contributed by atoms with van der Waals surface area (Å²) >= 11 is 0. The Hall–Kier alpha value is -2.95. The van der Waals surface area contributed by atoms with Crippen molar-refractivity contribution in [3.8, 4) is 0 Å². The minimum absolute atomic E-state index is 0.0344. The van der Waals surface area contributed by atoms with Crippen molar-refractivity contribution in [2.24, 2.45) is 0 Å². The van der Waals surface area contributed by atoms with Gasteiger partial charge < -0.3 is 20.3 Å². The van der Waals surface area contributed by atoms with E-state index in [1.54, 1.807) is 23.6 Å². The van der Waals surface area contributed by atoms with E-state index in [2.05, 4.69) is 15.6 Å². The maximum absolute atomic E-state index is 12.7. The first-order valence-electron chi connectivity index (χ1n) is 9.38. The predicted molar refractivity (Wildman–Crippen MR) is 116 cm³/mol. The first kappa shape index (κ1) is 21.8. The number of hydrogen-bond donors (Lipinski definition) is 3. The predicted octanol–water partition coefficient (Wildman–Crippen LogP) is 1.72. The standard InChI is InChI=1S/C20H25N5O4S/c1-14(26)12-21-20-23-17-9-4-5-10-18(17)25(20)13-19(27)22-15-7-6-8-16(11-15)30(28,29)24(2)3/h4-11,14,26H,12-13H2,1-3H3,(H,21,23)(H,22,27)/t14-/m0/s1. The highest BCUT2D eigenvalue weighted by Gasteiger charge is 2.18. The molecule has 9 nitrogen and oxygen atoms in total. The molecule has 3 aromatic rings. The smallest absolute Gasteiger partial charge is 0.244 e. The summed E-state index contributed by atoms with van der Waals surface area (Å²) in [6.45, 7) is 1.91. The van der Waals surface area contributed by atoms with Crippen molar-refractivity contribution >= 4 is 38.6 Å². The first-order chi connectivity index (χ1) is 14.2. The maximum atomic E-state index is 12.7. The Morgan fingerprint density at radius 3 is 2.63 bits per heavy atom. The molecule has 0 aliphatic carbocycles. The van der Waals surface area contributed by atoms with Crippen LogP contribution in [0.15, 0.2) is 53.4 Å². The third kappa shape index (κ3) is 4.78. The number of amides is 1. The minimum atomic E-state index is -3.60. The molecule has 2 aromatic carbocycles. The number of carbonyl (C=O) groups is 1. The number of nitrogens with zero attached hydrogens (tertiary/aromatic N) is 3. The monoisotopic (exact) mass is 431 g/mol. The molecular weight excluding hydrogens is 406 g/mol. The van der Waals surface area contributed by atoms with E-state index in [0.717, 1.165) is 15.3 Å². The lowest BCUT2D eigenvalue weighted by Crippen LogP contribution is -2.23. The van der Waals surface area contributed by atoms with Gasteiger partial charge in [0.15, 0.2) is 0 Å². The number of sulfonamides is 1. The highest BCUT2D eigenvalue weighted by atomic mass is 32.2. The molecule has 1 amide bonds. The Labute approximate surface area is 175 Å². The van der Waals surface area contributed by atoms with Crippen LogP contribution in [0.25, 0.3) is 11.0 Å². The summed E-state index contributed by atoms with van der Waals surface area (Å²) in [6.07, 6.45) is -0.575. The summed E-state index contributed by atoms with van der Waals surface area (Å²) in [5.74, 6) is 0.133. The zero-order valence-corrected chi connectivity index (χ0v) is 17.8. The highest BCUT2D eigenvalue weighted by Crippen LogP contribution is 2.21. The fourth-order valence-corrected chi connectivity index (χ4v) is 3.85. The van der Waals surface area contributed by atoms with Crippen molar-refractivity contribution in [1.82, 2.24) is 13.9 Å². The second-order valence-corrected chi connectivity index (χ2v) is 9.26. The van der Waals surface area contributed by atoms with E-state index in [0.29, 0.717) is 11.6 Å². The van der Waals surface area contributed by atoms with Gasteiger partial charge in [-0.05, 0) is 37.3 Å². The molecule has 3 rings (SSSR count).